The van der Waals surface area contributed by atoms with Crippen LogP contribution in [0.3, 0.4) is 0 Å². The first-order valence-electron chi connectivity index (χ1n) is 5.62. The summed E-state index contributed by atoms with van der Waals surface area (Å²) < 4.78 is 1.85. The Kier molecular flexibility index (Phi) is 3.48. The quantitative estimate of drug-likeness (QED) is 0.781. The van der Waals surface area contributed by atoms with E-state index in [4.69, 9.17) is 0 Å². The summed E-state index contributed by atoms with van der Waals surface area (Å²) in [7, 11) is 1.94. The zero-order chi connectivity index (χ0) is 12.3. The Labute approximate surface area is 99.6 Å². The third-order valence-corrected chi connectivity index (χ3v) is 2.47. The third kappa shape index (κ3) is 2.88. The first-order valence-corrected chi connectivity index (χ1v) is 5.62. The highest BCUT2D eigenvalue weighted by Gasteiger charge is 2.10. The van der Waals surface area contributed by atoms with Gasteiger partial charge in [-0.1, -0.05) is 19.1 Å². The topological polar surface area (TPSA) is 84.3 Å². The van der Waals surface area contributed by atoms with E-state index in [0.717, 1.165) is 12.2 Å². The van der Waals surface area contributed by atoms with E-state index in [1.165, 1.54) is 5.56 Å². The number of hydrogen-bond donors (Lipinski definition) is 2. The molecule has 0 aliphatic heterocycles. The van der Waals surface area contributed by atoms with Crippen molar-refractivity contribution in [2.45, 2.75) is 32.9 Å². The summed E-state index contributed by atoms with van der Waals surface area (Å²) in [6, 6.07) is 0. The average Bonchev–Trinajstić information content (AvgIpc) is 2.88. The Bertz CT molecular complexity index is 457. The number of aromatic nitrogens is 6. The molecule has 2 heterocycles. The van der Waals surface area contributed by atoms with Gasteiger partial charge >= 0.3 is 0 Å². The molecule has 0 fully saturated rings. The molecule has 0 bridgehead atoms. The summed E-state index contributed by atoms with van der Waals surface area (Å²) in [6.07, 6.45) is 2.04. The second kappa shape index (κ2) is 5.05. The lowest BCUT2D eigenvalue weighted by molar-refractivity contribution is 0.654. The van der Waals surface area contributed by atoms with E-state index in [-0.39, 0.29) is 0 Å². The van der Waals surface area contributed by atoms with E-state index in [1.54, 1.807) is 0 Å². The highest BCUT2D eigenvalue weighted by molar-refractivity contribution is 5.19. The molecule has 0 aliphatic rings. The number of nitrogens with zero attached hydrogens (tertiary/aromatic N) is 5. The predicted molar refractivity (Wildman–Crippen MR) is 62.0 cm³/mol. The molecule has 0 saturated carbocycles. The maximum atomic E-state index is 4.45. The Morgan fingerprint density at radius 1 is 1.41 bits per heavy atom. The lowest BCUT2D eigenvalue weighted by Gasteiger charge is -2.05. The maximum Gasteiger partial charge on any atom is 0.188 e. The van der Waals surface area contributed by atoms with Crippen LogP contribution in [0, 0.1) is 0 Å². The summed E-state index contributed by atoms with van der Waals surface area (Å²) in [5.74, 6) is 1.10. The van der Waals surface area contributed by atoms with E-state index >= 15 is 0 Å². The molecule has 7 heteroatoms. The van der Waals surface area contributed by atoms with Crippen molar-refractivity contribution >= 4 is 0 Å². The van der Waals surface area contributed by atoms with Gasteiger partial charge in [-0.25, -0.2) is 0 Å². The Hall–Kier alpha value is -1.76. The molecule has 0 saturated heterocycles. The van der Waals surface area contributed by atoms with Gasteiger partial charge in [-0.3, -0.25) is 4.68 Å². The number of aromatic amines is 1. The summed E-state index contributed by atoms with van der Waals surface area (Å²) in [5, 5.41) is 21.4. The van der Waals surface area contributed by atoms with Crippen molar-refractivity contribution < 1.29 is 0 Å². The van der Waals surface area contributed by atoms with E-state index in [9.17, 15) is 0 Å². The molecule has 2 aromatic heterocycles. The highest BCUT2D eigenvalue weighted by Crippen LogP contribution is 2.16. The molecule has 92 valence electrons. The van der Waals surface area contributed by atoms with Crippen molar-refractivity contribution in [3.8, 4) is 0 Å². The molecule has 2 aromatic rings. The van der Waals surface area contributed by atoms with Crippen LogP contribution in [0.1, 0.15) is 36.8 Å². The minimum Gasteiger partial charge on any atom is -0.305 e. The van der Waals surface area contributed by atoms with Gasteiger partial charge in [0, 0.05) is 25.4 Å². The number of hydrogen-bond acceptors (Lipinski definition) is 5. The smallest absolute Gasteiger partial charge is 0.188 e. The van der Waals surface area contributed by atoms with Gasteiger partial charge in [-0.05, 0) is 5.92 Å². The molecular weight excluding hydrogens is 218 g/mol. The molecule has 7 nitrogen and oxygen atoms in total. The van der Waals surface area contributed by atoms with Crippen LogP contribution < -0.4 is 5.32 Å². The SMILES string of the molecule is CC(C)c1nn(C)cc1CNCc1nn[nH]n1. The van der Waals surface area contributed by atoms with Crippen molar-refractivity contribution in [2.24, 2.45) is 7.05 Å². The predicted octanol–water partition coefficient (Wildman–Crippen LogP) is 0.346. The van der Waals surface area contributed by atoms with E-state index in [1.807, 2.05) is 17.9 Å². The molecule has 0 aliphatic carbocycles. The van der Waals surface area contributed by atoms with Crippen LogP contribution in [-0.2, 0) is 20.1 Å². The molecule has 0 atom stereocenters. The van der Waals surface area contributed by atoms with Crippen LogP contribution >= 0.6 is 0 Å². The van der Waals surface area contributed by atoms with Gasteiger partial charge in [0.1, 0.15) is 0 Å². The summed E-state index contributed by atoms with van der Waals surface area (Å²) in [6.45, 7) is 5.65. The van der Waals surface area contributed by atoms with Crippen molar-refractivity contribution in [3.63, 3.8) is 0 Å². The Morgan fingerprint density at radius 2 is 2.24 bits per heavy atom. The fourth-order valence-electron chi connectivity index (χ4n) is 1.74. The molecule has 2 rings (SSSR count). The molecule has 0 radical (unpaired) electrons. The van der Waals surface area contributed by atoms with E-state index in [2.05, 4.69) is 44.9 Å². The first kappa shape index (κ1) is 11.7. The molecule has 2 N–H and O–H groups in total. The first-order chi connectivity index (χ1) is 8.16. The van der Waals surface area contributed by atoms with Gasteiger partial charge < -0.3 is 5.32 Å². The number of rotatable bonds is 5. The number of H-pyrrole nitrogens is 1. The number of aryl methyl sites for hydroxylation is 1. The normalized spacial score (nSPS) is 11.3. The number of nitrogens with one attached hydrogen (secondary N) is 2. The van der Waals surface area contributed by atoms with Crippen molar-refractivity contribution in [1.29, 1.82) is 0 Å². The lowest BCUT2D eigenvalue weighted by atomic mass is 10.1. The van der Waals surface area contributed by atoms with Gasteiger partial charge in [-0.2, -0.15) is 10.3 Å². The van der Waals surface area contributed by atoms with Crippen LogP contribution in [0.4, 0.5) is 0 Å². The van der Waals surface area contributed by atoms with Gasteiger partial charge in [0.2, 0.25) is 0 Å². The fraction of sp³-hybridized carbons (Fsp3) is 0.600. The molecule has 17 heavy (non-hydrogen) atoms. The van der Waals surface area contributed by atoms with Gasteiger partial charge in [0.05, 0.1) is 12.2 Å². The molecule has 0 spiro atoms. The average molecular weight is 235 g/mol. The van der Waals surface area contributed by atoms with Crippen LogP contribution in [0.25, 0.3) is 0 Å². The number of tetrazole rings is 1. The zero-order valence-corrected chi connectivity index (χ0v) is 10.3. The summed E-state index contributed by atoms with van der Waals surface area (Å²) in [4.78, 5) is 0. The lowest BCUT2D eigenvalue weighted by Crippen LogP contribution is -2.14. The minimum atomic E-state index is 0.429. The molecule has 0 unspecified atom stereocenters. The van der Waals surface area contributed by atoms with Crippen LogP contribution in [0.2, 0.25) is 0 Å². The largest absolute Gasteiger partial charge is 0.305 e. The monoisotopic (exact) mass is 235 g/mol. The fourth-order valence-corrected chi connectivity index (χ4v) is 1.74. The standard InChI is InChI=1S/C10H17N7/c1-7(2)10-8(6-17(3)14-10)4-11-5-9-12-15-16-13-9/h6-7,11H,4-5H2,1-3H3,(H,12,13,15,16). The Morgan fingerprint density at radius 3 is 2.88 bits per heavy atom. The Balaban J connectivity index is 1.94. The van der Waals surface area contributed by atoms with Crippen LogP contribution in [-0.4, -0.2) is 30.4 Å². The van der Waals surface area contributed by atoms with Crippen LogP contribution in [0.5, 0.6) is 0 Å². The molecule has 0 aromatic carbocycles. The van der Waals surface area contributed by atoms with Gasteiger partial charge in [-0.15, -0.1) is 10.2 Å². The molecule has 0 amide bonds. The molecular formula is C10H17N7. The second-order valence-electron chi connectivity index (χ2n) is 4.30. The van der Waals surface area contributed by atoms with E-state index in [0.29, 0.717) is 18.3 Å². The van der Waals surface area contributed by atoms with Crippen molar-refractivity contribution in [2.75, 3.05) is 0 Å². The van der Waals surface area contributed by atoms with E-state index < -0.39 is 0 Å². The second-order valence-corrected chi connectivity index (χ2v) is 4.30. The summed E-state index contributed by atoms with van der Waals surface area (Å²) in [5.41, 5.74) is 2.35. The van der Waals surface area contributed by atoms with Crippen molar-refractivity contribution in [3.05, 3.63) is 23.3 Å². The summed E-state index contributed by atoms with van der Waals surface area (Å²) >= 11 is 0. The third-order valence-electron chi connectivity index (χ3n) is 2.47. The maximum absolute atomic E-state index is 4.45. The zero-order valence-electron chi connectivity index (χ0n) is 10.3. The van der Waals surface area contributed by atoms with Crippen molar-refractivity contribution in [1.82, 2.24) is 35.7 Å². The van der Waals surface area contributed by atoms with Gasteiger partial charge in [0.25, 0.3) is 0 Å². The highest BCUT2D eigenvalue weighted by atomic mass is 15.5. The van der Waals surface area contributed by atoms with Gasteiger partial charge in [0.15, 0.2) is 5.82 Å². The minimum absolute atomic E-state index is 0.429. The van der Waals surface area contributed by atoms with Crippen LogP contribution in [0.15, 0.2) is 6.20 Å².